The van der Waals surface area contributed by atoms with Gasteiger partial charge in [-0.3, -0.25) is 0 Å². The molecule has 7 heteroatoms. The van der Waals surface area contributed by atoms with E-state index in [-0.39, 0.29) is 0 Å². The molecule has 0 aromatic carbocycles. The van der Waals surface area contributed by atoms with Crippen LogP contribution in [-0.2, 0) is 4.74 Å². The first kappa shape index (κ1) is 10.8. The van der Waals surface area contributed by atoms with Gasteiger partial charge in [0.1, 0.15) is 18.3 Å². The Bertz CT molecular complexity index is 182. The summed E-state index contributed by atoms with van der Waals surface area (Å²) in [6.45, 7) is -0.647. The molecule has 1 rings (SSSR count). The SMILES string of the molecule is OCC1O[C@H](O)C(O)(O)[C@H](O)[C@@H]1O. The predicted octanol–water partition coefficient (Wildman–Crippen LogP) is -3.90. The Morgan fingerprint density at radius 3 is 2.15 bits per heavy atom. The van der Waals surface area contributed by atoms with Crippen LogP contribution in [0.3, 0.4) is 0 Å². The van der Waals surface area contributed by atoms with E-state index in [1.54, 1.807) is 0 Å². The molecule has 6 N–H and O–H groups in total. The Balaban J connectivity index is 2.79. The van der Waals surface area contributed by atoms with Crippen LogP contribution in [0.15, 0.2) is 0 Å². The third-order valence-corrected chi connectivity index (χ3v) is 1.99. The molecule has 1 saturated heterocycles. The van der Waals surface area contributed by atoms with Crippen LogP contribution in [-0.4, -0.2) is 67.6 Å². The Labute approximate surface area is 73.4 Å². The van der Waals surface area contributed by atoms with Crippen LogP contribution in [0, 0.1) is 0 Å². The smallest absolute Gasteiger partial charge is 0.245 e. The number of hydrogen-bond donors (Lipinski definition) is 6. The van der Waals surface area contributed by atoms with Gasteiger partial charge in [0.25, 0.3) is 0 Å². The lowest BCUT2D eigenvalue weighted by atomic mass is 9.96. The van der Waals surface area contributed by atoms with Gasteiger partial charge in [0.05, 0.1) is 6.61 Å². The second-order valence-electron chi connectivity index (χ2n) is 2.93. The Morgan fingerprint density at radius 1 is 1.15 bits per heavy atom. The predicted molar refractivity (Wildman–Crippen MR) is 37.1 cm³/mol. The van der Waals surface area contributed by atoms with Crippen molar-refractivity contribution in [3.05, 3.63) is 0 Å². The molecule has 0 aromatic heterocycles. The van der Waals surface area contributed by atoms with Gasteiger partial charge in [-0.15, -0.1) is 0 Å². The van der Waals surface area contributed by atoms with E-state index in [4.69, 9.17) is 30.6 Å². The summed E-state index contributed by atoms with van der Waals surface area (Å²) >= 11 is 0. The van der Waals surface area contributed by atoms with E-state index in [0.717, 1.165) is 0 Å². The molecule has 4 atom stereocenters. The van der Waals surface area contributed by atoms with Gasteiger partial charge in [-0.05, 0) is 0 Å². The molecule has 78 valence electrons. The van der Waals surface area contributed by atoms with Crippen molar-refractivity contribution in [2.75, 3.05) is 6.61 Å². The minimum Gasteiger partial charge on any atom is -0.394 e. The third kappa shape index (κ3) is 1.67. The second-order valence-corrected chi connectivity index (χ2v) is 2.93. The molecule has 1 fully saturated rings. The topological polar surface area (TPSA) is 131 Å². The van der Waals surface area contributed by atoms with Crippen LogP contribution in [0.2, 0.25) is 0 Å². The molecular weight excluding hydrogens is 184 g/mol. The standard InChI is InChI=1S/C6H12O7/c7-1-2-3(8)4(9)6(11,12)5(10)13-2/h2-5,7-12H,1H2/t2?,3-,4-,5+/m1/s1. The lowest BCUT2D eigenvalue weighted by molar-refractivity contribution is -0.395. The van der Waals surface area contributed by atoms with Gasteiger partial charge in [0.2, 0.25) is 12.1 Å². The fourth-order valence-corrected chi connectivity index (χ4v) is 1.10. The molecular formula is C6H12O7. The van der Waals surface area contributed by atoms with Gasteiger partial charge in [-0.1, -0.05) is 0 Å². The maximum atomic E-state index is 9.12. The van der Waals surface area contributed by atoms with Crippen molar-refractivity contribution in [3.8, 4) is 0 Å². The molecule has 0 spiro atoms. The van der Waals surface area contributed by atoms with E-state index in [1.165, 1.54) is 0 Å². The minimum absolute atomic E-state index is 0.647. The first-order chi connectivity index (χ1) is 5.91. The van der Waals surface area contributed by atoms with Gasteiger partial charge < -0.3 is 35.4 Å². The van der Waals surface area contributed by atoms with Crippen LogP contribution >= 0.6 is 0 Å². The van der Waals surface area contributed by atoms with Crippen LogP contribution in [0.4, 0.5) is 0 Å². The average molecular weight is 196 g/mol. The molecule has 0 amide bonds. The number of rotatable bonds is 1. The van der Waals surface area contributed by atoms with Gasteiger partial charge in [-0.2, -0.15) is 0 Å². The summed E-state index contributed by atoms with van der Waals surface area (Å²) < 4.78 is 4.43. The number of aliphatic hydroxyl groups is 6. The molecule has 1 heterocycles. The van der Waals surface area contributed by atoms with Crippen molar-refractivity contribution in [3.63, 3.8) is 0 Å². The summed E-state index contributed by atoms with van der Waals surface area (Å²) in [5.41, 5.74) is 0. The highest BCUT2D eigenvalue weighted by atomic mass is 16.7. The lowest BCUT2D eigenvalue weighted by Gasteiger charge is -2.42. The van der Waals surface area contributed by atoms with Crippen molar-refractivity contribution >= 4 is 0 Å². The van der Waals surface area contributed by atoms with Gasteiger partial charge in [0, 0.05) is 0 Å². The van der Waals surface area contributed by atoms with Crippen molar-refractivity contribution in [2.24, 2.45) is 0 Å². The molecule has 1 unspecified atom stereocenters. The van der Waals surface area contributed by atoms with Crippen LogP contribution < -0.4 is 0 Å². The van der Waals surface area contributed by atoms with Crippen LogP contribution in [0.5, 0.6) is 0 Å². The third-order valence-electron chi connectivity index (χ3n) is 1.99. The molecule has 13 heavy (non-hydrogen) atoms. The number of hydrogen-bond acceptors (Lipinski definition) is 7. The molecule has 7 nitrogen and oxygen atoms in total. The van der Waals surface area contributed by atoms with Crippen molar-refractivity contribution in [1.82, 2.24) is 0 Å². The molecule has 0 saturated carbocycles. The molecule has 1 aliphatic rings. The summed E-state index contributed by atoms with van der Waals surface area (Å²) in [5, 5.41) is 53.7. The van der Waals surface area contributed by atoms with Crippen LogP contribution in [0.1, 0.15) is 0 Å². The van der Waals surface area contributed by atoms with E-state index in [1.807, 2.05) is 0 Å². The second kappa shape index (κ2) is 3.46. The highest BCUT2D eigenvalue weighted by Gasteiger charge is 2.53. The lowest BCUT2D eigenvalue weighted by Crippen LogP contribution is -2.66. The van der Waals surface area contributed by atoms with E-state index in [9.17, 15) is 0 Å². The van der Waals surface area contributed by atoms with Gasteiger partial charge >= 0.3 is 0 Å². The molecule has 0 aliphatic carbocycles. The van der Waals surface area contributed by atoms with Crippen molar-refractivity contribution < 1.29 is 35.4 Å². The number of ether oxygens (including phenoxy) is 1. The molecule has 0 aromatic rings. The fraction of sp³-hybridized carbons (Fsp3) is 1.00. The monoisotopic (exact) mass is 196 g/mol. The average Bonchev–Trinajstić information content (AvgIpc) is 2.09. The Hall–Kier alpha value is -0.280. The zero-order valence-electron chi connectivity index (χ0n) is 6.61. The maximum absolute atomic E-state index is 9.12. The summed E-state index contributed by atoms with van der Waals surface area (Å²) in [4.78, 5) is 0. The Morgan fingerprint density at radius 2 is 1.69 bits per heavy atom. The first-order valence-corrected chi connectivity index (χ1v) is 3.66. The number of aliphatic hydroxyl groups excluding tert-OH is 4. The normalized spacial score (nSPS) is 44.8. The largest absolute Gasteiger partial charge is 0.394 e. The van der Waals surface area contributed by atoms with E-state index in [0.29, 0.717) is 0 Å². The highest BCUT2D eigenvalue weighted by molar-refractivity contribution is 4.92. The van der Waals surface area contributed by atoms with Gasteiger partial charge in [0.15, 0.2) is 0 Å². The van der Waals surface area contributed by atoms with E-state index < -0.39 is 37.0 Å². The summed E-state index contributed by atoms with van der Waals surface area (Å²) in [6, 6.07) is 0. The quantitative estimate of drug-likeness (QED) is 0.236. The fourth-order valence-electron chi connectivity index (χ4n) is 1.10. The Kier molecular flexibility index (Phi) is 2.88. The highest BCUT2D eigenvalue weighted by Crippen LogP contribution is 2.26. The van der Waals surface area contributed by atoms with Crippen molar-refractivity contribution in [1.29, 1.82) is 0 Å². The van der Waals surface area contributed by atoms with Crippen LogP contribution in [0.25, 0.3) is 0 Å². The molecule has 0 bridgehead atoms. The zero-order chi connectivity index (χ0) is 10.2. The molecule has 1 aliphatic heterocycles. The maximum Gasteiger partial charge on any atom is 0.245 e. The zero-order valence-corrected chi connectivity index (χ0v) is 6.61. The van der Waals surface area contributed by atoms with E-state index >= 15 is 0 Å². The summed E-state index contributed by atoms with van der Waals surface area (Å²) in [6.07, 6.45) is -6.96. The molecule has 0 radical (unpaired) electrons. The first-order valence-electron chi connectivity index (χ1n) is 3.66. The van der Waals surface area contributed by atoms with Gasteiger partial charge in [-0.25, -0.2) is 0 Å². The van der Waals surface area contributed by atoms with E-state index in [2.05, 4.69) is 4.74 Å². The minimum atomic E-state index is -2.93. The summed E-state index contributed by atoms with van der Waals surface area (Å²) in [5.74, 6) is -2.93. The summed E-state index contributed by atoms with van der Waals surface area (Å²) in [7, 11) is 0. The van der Waals surface area contributed by atoms with Crippen molar-refractivity contribution in [2.45, 2.75) is 30.4 Å².